The molecule has 0 aliphatic heterocycles. The van der Waals surface area contributed by atoms with Gasteiger partial charge in [0.05, 0.1) is 16.1 Å². The fourth-order valence-corrected chi connectivity index (χ4v) is 4.13. The van der Waals surface area contributed by atoms with E-state index in [2.05, 4.69) is 9.82 Å². The largest absolute Gasteiger partial charge is 0.478 e. The molecule has 0 aliphatic rings. The maximum Gasteiger partial charge on any atom is 0.335 e. The number of aromatic carboxylic acids is 1. The summed E-state index contributed by atoms with van der Waals surface area (Å²) in [5, 5.41) is 13.6. The Morgan fingerprint density at radius 3 is 2.33 bits per heavy atom. The van der Waals surface area contributed by atoms with Crippen LogP contribution in [0.5, 0.6) is 0 Å². The summed E-state index contributed by atoms with van der Waals surface area (Å²) in [4.78, 5) is 11.3. The van der Waals surface area contributed by atoms with Gasteiger partial charge in [0.1, 0.15) is 0 Å². The van der Waals surface area contributed by atoms with Crippen molar-refractivity contribution in [2.75, 3.05) is 4.72 Å². The highest BCUT2D eigenvalue weighted by Crippen LogP contribution is 2.24. The van der Waals surface area contributed by atoms with Crippen LogP contribution in [-0.2, 0) is 10.0 Å². The van der Waals surface area contributed by atoms with Gasteiger partial charge in [-0.25, -0.2) is 17.9 Å². The number of carboxylic acids is 1. The number of benzene rings is 2. The maximum absolute atomic E-state index is 12.9. The number of carboxylic acid groups (broad SMARTS) is 1. The van der Waals surface area contributed by atoms with Gasteiger partial charge in [0.25, 0.3) is 10.0 Å². The molecule has 0 saturated heterocycles. The van der Waals surface area contributed by atoms with Gasteiger partial charge in [0.15, 0.2) is 5.82 Å². The van der Waals surface area contributed by atoms with Crippen LogP contribution in [0.25, 0.3) is 5.69 Å². The molecular formula is C19H19N3O4S. The lowest BCUT2D eigenvalue weighted by molar-refractivity contribution is 0.0696. The summed E-state index contributed by atoms with van der Waals surface area (Å²) < 4.78 is 29.8. The topological polar surface area (TPSA) is 101 Å². The third-order valence-electron chi connectivity index (χ3n) is 4.19. The van der Waals surface area contributed by atoms with Crippen molar-refractivity contribution in [3.05, 3.63) is 70.9 Å². The monoisotopic (exact) mass is 385 g/mol. The molecule has 0 aliphatic carbocycles. The Morgan fingerprint density at radius 2 is 1.70 bits per heavy atom. The lowest BCUT2D eigenvalue weighted by atomic mass is 10.1. The van der Waals surface area contributed by atoms with Crippen molar-refractivity contribution >= 4 is 21.8 Å². The third kappa shape index (κ3) is 3.70. The minimum Gasteiger partial charge on any atom is -0.478 e. The van der Waals surface area contributed by atoms with Crippen LogP contribution in [0.2, 0.25) is 0 Å². The van der Waals surface area contributed by atoms with Gasteiger partial charge in [-0.2, -0.15) is 0 Å². The predicted octanol–water partition coefficient (Wildman–Crippen LogP) is 3.30. The number of aromatic nitrogens is 2. The molecule has 1 aromatic heterocycles. The molecule has 8 heteroatoms. The highest BCUT2D eigenvalue weighted by Gasteiger charge is 2.22. The van der Waals surface area contributed by atoms with E-state index in [-0.39, 0.29) is 16.3 Å². The molecule has 0 atom stereocenters. The number of carbonyl (C=O) groups is 1. The van der Waals surface area contributed by atoms with Crippen LogP contribution in [0.3, 0.4) is 0 Å². The van der Waals surface area contributed by atoms with Crippen LogP contribution in [0.1, 0.15) is 27.0 Å². The summed E-state index contributed by atoms with van der Waals surface area (Å²) >= 11 is 0. The molecule has 0 fully saturated rings. The number of rotatable bonds is 5. The minimum absolute atomic E-state index is 0.0486. The summed E-state index contributed by atoms with van der Waals surface area (Å²) in [6, 6.07) is 12.0. The highest BCUT2D eigenvalue weighted by atomic mass is 32.2. The average molecular weight is 385 g/mol. The van der Waals surface area contributed by atoms with Crippen molar-refractivity contribution in [3.8, 4) is 5.69 Å². The fraction of sp³-hybridized carbons (Fsp3) is 0.158. The van der Waals surface area contributed by atoms with Gasteiger partial charge in [-0.05, 0) is 50.1 Å². The maximum atomic E-state index is 12.9. The van der Waals surface area contributed by atoms with E-state index in [1.807, 2.05) is 30.3 Å². The first-order valence-electron chi connectivity index (χ1n) is 8.18. The highest BCUT2D eigenvalue weighted by molar-refractivity contribution is 7.92. The zero-order chi connectivity index (χ0) is 19.8. The molecule has 3 aromatic rings. The Balaban J connectivity index is 2.00. The number of sulfonamides is 1. The van der Waals surface area contributed by atoms with Gasteiger partial charge in [-0.1, -0.05) is 24.3 Å². The molecular weight excluding hydrogens is 366 g/mol. The summed E-state index contributed by atoms with van der Waals surface area (Å²) in [5.41, 5.74) is 2.36. The second kappa shape index (κ2) is 6.88. The molecule has 0 unspecified atom stereocenters. The quantitative estimate of drug-likeness (QED) is 0.702. The second-order valence-corrected chi connectivity index (χ2v) is 7.93. The molecule has 140 valence electrons. The Morgan fingerprint density at radius 1 is 1.04 bits per heavy atom. The Kier molecular flexibility index (Phi) is 4.75. The van der Waals surface area contributed by atoms with Gasteiger partial charge in [-0.3, -0.25) is 4.72 Å². The van der Waals surface area contributed by atoms with Crippen LogP contribution in [0, 0.1) is 20.8 Å². The lowest BCUT2D eigenvalue weighted by Crippen LogP contribution is -2.17. The SMILES string of the molecule is Cc1cc(C)c(S(=O)(=O)Nc2nn(-c3ccccc3)cc2C)cc1C(=O)O. The van der Waals surface area contributed by atoms with Crippen LogP contribution in [0.4, 0.5) is 5.82 Å². The molecule has 0 bridgehead atoms. The Hall–Kier alpha value is -3.13. The molecule has 0 saturated carbocycles. The van der Waals surface area contributed by atoms with Crippen molar-refractivity contribution in [2.24, 2.45) is 0 Å². The van der Waals surface area contributed by atoms with Gasteiger partial charge < -0.3 is 5.11 Å². The molecule has 1 heterocycles. The minimum atomic E-state index is -4.00. The van der Waals surface area contributed by atoms with E-state index in [9.17, 15) is 18.3 Å². The normalized spacial score (nSPS) is 11.4. The summed E-state index contributed by atoms with van der Waals surface area (Å²) in [6.45, 7) is 5.00. The van der Waals surface area contributed by atoms with Crippen molar-refractivity contribution in [2.45, 2.75) is 25.7 Å². The lowest BCUT2D eigenvalue weighted by Gasteiger charge is -2.12. The summed E-state index contributed by atoms with van der Waals surface area (Å²) in [7, 11) is -4.00. The van der Waals surface area contributed by atoms with Crippen molar-refractivity contribution in [1.82, 2.24) is 9.78 Å². The van der Waals surface area contributed by atoms with E-state index in [4.69, 9.17) is 0 Å². The van der Waals surface area contributed by atoms with Crippen LogP contribution < -0.4 is 4.72 Å². The predicted molar refractivity (Wildman–Crippen MR) is 102 cm³/mol. The Labute approximate surface area is 157 Å². The molecule has 2 aromatic carbocycles. The number of aryl methyl sites for hydroxylation is 3. The number of anilines is 1. The molecule has 7 nitrogen and oxygen atoms in total. The summed E-state index contributed by atoms with van der Waals surface area (Å²) in [6.07, 6.45) is 1.72. The number of hydrogen-bond donors (Lipinski definition) is 2. The van der Waals surface area contributed by atoms with E-state index in [0.29, 0.717) is 16.7 Å². The van der Waals surface area contributed by atoms with E-state index < -0.39 is 16.0 Å². The molecule has 0 radical (unpaired) electrons. The van der Waals surface area contributed by atoms with Gasteiger partial charge >= 0.3 is 5.97 Å². The molecule has 0 amide bonds. The first-order chi connectivity index (χ1) is 12.7. The van der Waals surface area contributed by atoms with Gasteiger partial charge in [0, 0.05) is 11.8 Å². The smallest absolute Gasteiger partial charge is 0.335 e. The zero-order valence-electron chi connectivity index (χ0n) is 15.1. The first-order valence-corrected chi connectivity index (χ1v) is 9.66. The van der Waals surface area contributed by atoms with Crippen molar-refractivity contribution < 1.29 is 18.3 Å². The zero-order valence-corrected chi connectivity index (χ0v) is 15.9. The first kappa shape index (κ1) is 18.7. The fourth-order valence-electron chi connectivity index (χ4n) is 2.81. The molecule has 2 N–H and O–H groups in total. The molecule has 27 heavy (non-hydrogen) atoms. The van der Waals surface area contributed by atoms with E-state index >= 15 is 0 Å². The van der Waals surface area contributed by atoms with Crippen LogP contribution >= 0.6 is 0 Å². The third-order valence-corrected chi connectivity index (χ3v) is 5.67. The van der Waals surface area contributed by atoms with Crippen LogP contribution in [0.15, 0.2) is 53.6 Å². The average Bonchev–Trinajstić information content (AvgIpc) is 2.95. The second-order valence-electron chi connectivity index (χ2n) is 6.28. The van der Waals surface area contributed by atoms with Gasteiger partial charge in [-0.15, -0.1) is 5.10 Å². The number of para-hydroxylation sites is 1. The van der Waals surface area contributed by atoms with Gasteiger partial charge in [0.2, 0.25) is 0 Å². The van der Waals surface area contributed by atoms with Crippen LogP contribution in [-0.4, -0.2) is 29.3 Å². The van der Waals surface area contributed by atoms with Crippen molar-refractivity contribution in [3.63, 3.8) is 0 Å². The van der Waals surface area contributed by atoms with E-state index in [1.165, 1.54) is 6.07 Å². The summed E-state index contributed by atoms with van der Waals surface area (Å²) in [5.74, 6) is -0.982. The standard InChI is InChI=1S/C19H19N3O4S/c1-12-9-13(2)17(10-16(12)19(23)24)27(25,26)21-18-14(3)11-22(20-18)15-7-5-4-6-8-15/h4-11H,1-3H3,(H,20,21)(H,23,24). The number of nitrogens with zero attached hydrogens (tertiary/aromatic N) is 2. The van der Waals surface area contributed by atoms with E-state index in [0.717, 1.165) is 5.69 Å². The molecule has 0 spiro atoms. The number of hydrogen-bond acceptors (Lipinski definition) is 4. The Bertz CT molecular complexity index is 1120. The van der Waals surface area contributed by atoms with E-state index in [1.54, 1.807) is 37.7 Å². The van der Waals surface area contributed by atoms with Crippen molar-refractivity contribution in [1.29, 1.82) is 0 Å². The number of nitrogens with one attached hydrogen (secondary N) is 1. The molecule has 3 rings (SSSR count).